The maximum atomic E-state index is 5.81. The van der Waals surface area contributed by atoms with E-state index < -0.39 is 0 Å². The molecule has 1 aromatic heterocycles. The van der Waals surface area contributed by atoms with E-state index in [1.54, 1.807) is 6.20 Å². The molecule has 0 amide bonds. The standard InChI is InChI=1S/C17H23N3O2/c1-2-5-15(6-3-1)22-12-10-20(13-16-7-4-11-21-16)14-17-18-8-9-19-17/h1-3,5-6,8-9,16H,4,7,10-14H2,(H,18,19). The summed E-state index contributed by atoms with van der Waals surface area (Å²) in [5.74, 6) is 1.90. The largest absolute Gasteiger partial charge is 0.492 e. The van der Waals surface area contributed by atoms with Crippen LogP contribution in [0.15, 0.2) is 42.7 Å². The van der Waals surface area contributed by atoms with Crippen LogP contribution < -0.4 is 4.74 Å². The van der Waals surface area contributed by atoms with Crippen molar-refractivity contribution in [1.29, 1.82) is 0 Å². The first-order valence-electron chi connectivity index (χ1n) is 7.90. The first-order chi connectivity index (χ1) is 10.9. The molecule has 1 aliphatic heterocycles. The van der Waals surface area contributed by atoms with E-state index in [0.717, 1.165) is 44.2 Å². The number of imidazole rings is 1. The van der Waals surface area contributed by atoms with Gasteiger partial charge >= 0.3 is 0 Å². The van der Waals surface area contributed by atoms with Gasteiger partial charge in [-0.3, -0.25) is 4.90 Å². The Morgan fingerprint density at radius 1 is 1.32 bits per heavy atom. The number of nitrogens with one attached hydrogen (secondary N) is 1. The number of H-pyrrole nitrogens is 1. The molecule has 0 saturated carbocycles. The van der Waals surface area contributed by atoms with E-state index in [2.05, 4.69) is 14.9 Å². The predicted molar refractivity (Wildman–Crippen MR) is 84.8 cm³/mol. The van der Waals surface area contributed by atoms with Crippen LogP contribution in [0.4, 0.5) is 0 Å². The number of hydrogen-bond acceptors (Lipinski definition) is 4. The lowest BCUT2D eigenvalue weighted by molar-refractivity contribution is 0.0645. The molecule has 0 aliphatic carbocycles. The van der Waals surface area contributed by atoms with Crippen molar-refractivity contribution in [3.63, 3.8) is 0 Å². The van der Waals surface area contributed by atoms with Crippen molar-refractivity contribution in [1.82, 2.24) is 14.9 Å². The molecule has 0 bridgehead atoms. The van der Waals surface area contributed by atoms with E-state index in [0.29, 0.717) is 12.7 Å². The number of aromatic amines is 1. The lowest BCUT2D eigenvalue weighted by Crippen LogP contribution is -2.35. The summed E-state index contributed by atoms with van der Waals surface area (Å²) in [6.45, 7) is 4.14. The minimum Gasteiger partial charge on any atom is -0.492 e. The number of ether oxygens (including phenoxy) is 2. The monoisotopic (exact) mass is 301 g/mol. The van der Waals surface area contributed by atoms with Gasteiger partial charge in [-0.1, -0.05) is 18.2 Å². The Balaban J connectivity index is 1.50. The summed E-state index contributed by atoms with van der Waals surface area (Å²) >= 11 is 0. The molecule has 0 radical (unpaired) electrons. The molecule has 118 valence electrons. The first-order valence-corrected chi connectivity index (χ1v) is 7.90. The molecule has 1 N–H and O–H groups in total. The second-order valence-electron chi connectivity index (χ2n) is 5.57. The highest BCUT2D eigenvalue weighted by molar-refractivity contribution is 5.20. The Labute approximate surface area is 131 Å². The number of benzene rings is 1. The molecular weight excluding hydrogens is 278 g/mol. The molecule has 1 unspecified atom stereocenters. The maximum Gasteiger partial charge on any atom is 0.120 e. The lowest BCUT2D eigenvalue weighted by atomic mass is 10.2. The molecular formula is C17H23N3O2. The third kappa shape index (κ3) is 4.58. The first kappa shape index (κ1) is 15.1. The summed E-state index contributed by atoms with van der Waals surface area (Å²) < 4.78 is 11.6. The topological polar surface area (TPSA) is 50.4 Å². The molecule has 1 saturated heterocycles. The van der Waals surface area contributed by atoms with Gasteiger partial charge in [0.2, 0.25) is 0 Å². The minimum absolute atomic E-state index is 0.340. The second-order valence-corrected chi connectivity index (χ2v) is 5.57. The highest BCUT2D eigenvalue weighted by atomic mass is 16.5. The smallest absolute Gasteiger partial charge is 0.120 e. The van der Waals surface area contributed by atoms with Crippen molar-refractivity contribution in [2.45, 2.75) is 25.5 Å². The molecule has 5 heteroatoms. The van der Waals surface area contributed by atoms with Gasteiger partial charge in [-0.2, -0.15) is 0 Å². The summed E-state index contributed by atoms with van der Waals surface area (Å²) in [5.41, 5.74) is 0. The zero-order valence-corrected chi connectivity index (χ0v) is 12.8. The van der Waals surface area contributed by atoms with Gasteiger partial charge in [0.05, 0.1) is 12.6 Å². The quantitative estimate of drug-likeness (QED) is 0.814. The van der Waals surface area contributed by atoms with Gasteiger partial charge in [-0.15, -0.1) is 0 Å². The van der Waals surface area contributed by atoms with Crippen LogP contribution in [0.2, 0.25) is 0 Å². The zero-order valence-electron chi connectivity index (χ0n) is 12.8. The molecule has 1 aliphatic rings. The molecule has 1 aromatic carbocycles. The van der Waals surface area contributed by atoms with Crippen LogP contribution in [0.3, 0.4) is 0 Å². The third-order valence-electron chi connectivity index (χ3n) is 3.83. The van der Waals surface area contributed by atoms with Crippen LogP contribution in [0.25, 0.3) is 0 Å². The van der Waals surface area contributed by atoms with Crippen molar-refractivity contribution in [2.24, 2.45) is 0 Å². The van der Waals surface area contributed by atoms with Crippen molar-refractivity contribution >= 4 is 0 Å². The Morgan fingerprint density at radius 2 is 2.23 bits per heavy atom. The van der Waals surface area contributed by atoms with E-state index in [1.165, 1.54) is 6.42 Å². The van der Waals surface area contributed by atoms with Crippen LogP contribution in [-0.2, 0) is 11.3 Å². The fraction of sp³-hybridized carbons (Fsp3) is 0.471. The molecule has 1 atom stereocenters. The van der Waals surface area contributed by atoms with E-state index in [9.17, 15) is 0 Å². The molecule has 3 rings (SSSR count). The highest BCUT2D eigenvalue weighted by Gasteiger charge is 2.19. The number of nitrogens with zero attached hydrogens (tertiary/aromatic N) is 2. The average Bonchev–Trinajstić information content (AvgIpc) is 3.22. The molecule has 2 heterocycles. The van der Waals surface area contributed by atoms with Crippen LogP contribution >= 0.6 is 0 Å². The van der Waals surface area contributed by atoms with Crippen LogP contribution in [0.1, 0.15) is 18.7 Å². The van der Waals surface area contributed by atoms with Gasteiger partial charge in [0.25, 0.3) is 0 Å². The Kier molecular flexibility index (Phi) is 5.45. The van der Waals surface area contributed by atoms with Crippen LogP contribution in [0, 0.1) is 0 Å². The molecule has 1 fully saturated rings. The summed E-state index contributed by atoms with van der Waals surface area (Å²) in [5, 5.41) is 0. The third-order valence-corrected chi connectivity index (χ3v) is 3.83. The van der Waals surface area contributed by atoms with Gasteiger partial charge in [0, 0.05) is 32.1 Å². The normalized spacial score (nSPS) is 18.0. The van der Waals surface area contributed by atoms with Crippen LogP contribution in [0.5, 0.6) is 5.75 Å². The predicted octanol–water partition coefficient (Wildman–Crippen LogP) is 2.47. The average molecular weight is 301 g/mol. The molecule has 0 spiro atoms. The zero-order chi connectivity index (χ0) is 15.0. The maximum absolute atomic E-state index is 5.81. The van der Waals surface area contributed by atoms with Crippen molar-refractivity contribution in [3.05, 3.63) is 48.5 Å². The van der Waals surface area contributed by atoms with Crippen LogP contribution in [-0.4, -0.2) is 47.3 Å². The summed E-state index contributed by atoms with van der Waals surface area (Å²) in [7, 11) is 0. The number of aromatic nitrogens is 2. The number of hydrogen-bond donors (Lipinski definition) is 1. The summed E-state index contributed by atoms with van der Waals surface area (Å²) in [4.78, 5) is 9.83. The summed E-state index contributed by atoms with van der Waals surface area (Å²) in [6.07, 6.45) is 6.31. The van der Waals surface area contributed by atoms with Crippen molar-refractivity contribution < 1.29 is 9.47 Å². The molecule has 2 aromatic rings. The minimum atomic E-state index is 0.340. The fourth-order valence-corrected chi connectivity index (χ4v) is 2.72. The Hall–Kier alpha value is -1.85. The van der Waals surface area contributed by atoms with Gasteiger partial charge in [0.1, 0.15) is 18.2 Å². The van der Waals surface area contributed by atoms with Crippen molar-refractivity contribution in [2.75, 3.05) is 26.3 Å². The lowest BCUT2D eigenvalue weighted by Gasteiger charge is -2.24. The van der Waals surface area contributed by atoms with Gasteiger partial charge in [-0.05, 0) is 25.0 Å². The molecule has 5 nitrogen and oxygen atoms in total. The second kappa shape index (κ2) is 7.96. The number of para-hydroxylation sites is 1. The Morgan fingerprint density at radius 3 is 2.95 bits per heavy atom. The van der Waals surface area contributed by atoms with Crippen molar-refractivity contribution in [3.8, 4) is 5.75 Å². The van der Waals surface area contributed by atoms with Gasteiger partial charge in [-0.25, -0.2) is 4.98 Å². The number of rotatable bonds is 8. The SMILES string of the molecule is c1ccc(OCCN(Cc2ncc[nH]2)CC2CCCO2)cc1. The Bertz CT molecular complexity index is 524. The van der Waals surface area contributed by atoms with E-state index in [-0.39, 0.29) is 0 Å². The molecule has 22 heavy (non-hydrogen) atoms. The van der Waals surface area contributed by atoms with Gasteiger partial charge < -0.3 is 14.5 Å². The summed E-state index contributed by atoms with van der Waals surface area (Å²) in [6, 6.07) is 9.94. The van der Waals surface area contributed by atoms with Gasteiger partial charge in [0.15, 0.2) is 0 Å². The van der Waals surface area contributed by atoms with E-state index in [1.807, 2.05) is 36.5 Å². The fourth-order valence-electron chi connectivity index (χ4n) is 2.72. The highest BCUT2D eigenvalue weighted by Crippen LogP contribution is 2.14. The van der Waals surface area contributed by atoms with E-state index in [4.69, 9.17) is 9.47 Å². The van der Waals surface area contributed by atoms with E-state index >= 15 is 0 Å².